The molecule has 1 N–H and O–H groups in total. The third-order valence-corrected chi connectivity index (χ3v) is 3.79. The van der Waals surface area contributed by atoms with E-state index in [0.717, 1.165) is 12.0 Å². The molecule has 2 nitrogen and oxygen atoms in total. The van der Waals surface area contributed by atoms with Crippen LogP contribution in [0.5, 0.6) is 0 Å². The Kier molecular flexibility index (Phi) is 4.18. The number of hydrogen-bond acceptors (Lipinski definition) is 1. The molecule has 1 aliphatic carbocycles. The van der Waals surface area contributed by atoms with Gasteiger partial charge in [-0.25, -0.2) is 0 Å². The van der Waals surface area contributed by atoms with Gasteiger partial charge in [-0.05, 0) is 17.9 Å². The van der Waals surface area contributed by atoms with E-state index < -0.39 is 5.97 Å². The third-order valence-electron chi connectivity index (χ3n) is 3.79. The first-order valence-corrected chi connectivity index (χ1v) is 6.55. The van der Waals surface area contributed by atoms with Gasteiger partial charge >= 0.3 is 5.97 Å². The average Bonchev–Trinajstić information content (AvgIpc) is 2.38. The molecule has 1 saturated carbocycles. The van der Waals surface area contributed by atoms with Crippen LogP contribution in [-0.2, 0) is 4.79 Å². The van der Waals surface area contributed by atoms with E-state index in [0.29, 0.717) is 5.92 Å². The fourth-order valence-corrected chi connectivity index (χ4v) is 2.82. The van der Waals surface area contributed by atoms with Crippen LogP contribution < -0.4 is 0 Å². The van der Waals surface area contributed by atoms with Gasteiger partial charge in [0.05, 0.1) is 5.92 Å². The Hall–Kier alpha value is -1.31. The molecule has 1 aliphatic rings. The Morgan fingerprint density at radius 1 is 1.18 bits per heavy atom. The second-order valence-electron chi connectivity index (χ2n) is 5.04. The van der Waals surface area contributed by atoms with Crippen molar-refractivity contribution in [1.82, 2.24) is 0 Å². The molecule has 1 unspecified atom stereocenters. The first-order valence-electron chi connectivity index (χ1n) is 6.55. The quantitative estimate of drug-likeness (QED) is 0.856. The number of rotatable bonds is 4. The monoisotopic (exact) mass is 232 g/mol. The van der Waals surface area contributed by atoms with Gasteiger partial charge in [0.2, 0.25) is 0 Å². The maximum atomic E-state index is 11.4. The van der Waals surface area contributed by atoms with E-state index in [-0.39, 0.29) is 5.92 Å². The minimum absolute atomic E-state index is 0.320. The van der Waals surface area contributed by atoms with Crippen molar-refractivity contribution in [2.75, 3.05) is 0 Å². The van der Waals surface area contributed by atoms with Crippen molar-refractivity contribution in [3.05, 3.63) is 35.9 Å². The maximum absolute atomic E-state index is 11.4. The number of carbonyl (C=O) groups is 1. The highest BCUT2D eigenvalue weighted by Gasteiger charge is 2.25. The number of benzene rings is 1. The molecule has 0 saturated heterocycles. The molecule has 1 aromatic carbocycles. The van der Waals surface area contributed by atoms with Crippen molar-refractivity contribution in [3.63, 3.8) is 0 Å². The van der Waals surface area contributed by atoms with Crippen LogP contribution in [0.25, 0.3) is 0 Å². The molecule has 2 heteroatoms. The fourth-order valence-electron chi connectivity index (χ4n) is 2.82. The van der Waals surface area contributed by atoms with Crippen molar-refractivity contribution in [1.29, 1.82) is 0 Å². The van der Waals surface area contributed by atoms with E-state index in [1.165, 1.54) is 32.1 Å². The molecule has 0 amide bonds. The van der Waals surface area contributed by atoms with Gasteiger partial charge in [0.15, 0.2) is 0 Å². The van der Waals surface area contributed by atoms with E-state index in [4.69, 9.17) is 0 Å². The second kappa shape index (κ2) is 5.85. The van der Waals surface area contributed by atoms with Crippen LogP contribution in [0, 0.1) is 5.92 Å². The van der Waals surface area contributed by atoms with Gasteiger partial charge in [-0.15, -0.1) is 0 Å². The molecule has 92 valence electrons. The molecule has 0 spiro atoms. The molecule has 0 aliphatic heterocycles. The highest BCUT2D eigenvalue weighted by Crippen LogP contribution is 2.33. The molecule has 0 radical (unpaired) electrons. The summed E-state index contributed by atoms with van der Waals surface area (Å²) in [4.78, 5) is 11.4. The van der Waals surface area contributed by atoms with E-state index in [9.17, 15) is 9.90 Å². The van der Waals surface area contributed by atoms with Gasteiger partial charge in [-0.3, -0.25) is 4.79 Å². The molecule has 2 rings (SSSR count). The van der Waals surface area contributed by atoms with Gasteiger partial charge in [0.1, 0.15) is 0 Å². The number of carboxylic acid groups (broad SMARTS) is 1. The molecule has 17 heavy (non-hydrogen) atoms. The molecular weight excluding hydrogens is 212 g/mol. The zero-order valence-electron chi connectivity index (χ0n) is 10.1. The molecule has 0 bridgehead atoms. The van der Waals surface area contributed by atoms with Crippen LogP contribution >= 0.6 is 0 Å². The number of carboxylic acids is 1. The van der Waals surface area contributed by atoms with Gasteiger partial charge in [-0.1, -0.05) is 62.4 Å². The summed E-state index contributed by atoms with van der Waals surface area (Å²) < 4.78 is 0. The molecular formula is C15H20O2. The predicted molar refractivity (Wildman–Crippen MR) is 68.0 cm³/mol. The van der Waals surface area contributed by atoms with Gasteiger partial charge in [0, 0.05) is 0 Å². The summed E-state index contributed by atoms with van der Waals surface area (Å²) in [6.07, 6.45) is 7.07. The smallest absolute Gasteiger partial charge is 0.310 e. The van der Waals surface area contributed by atoms with Crippen LogP contribution in [0.2, 0.25) is 0 Å². The molecule has 0 aromatic heterocycles. The highest BCUT2D eigenvalue weighted by atomic mass is 16.4. The van der Waals surface area contributed by atoms with E-state index >= 15 is 0 Å². The van der Waals surface area contributed by atoms with Crippen molar-refractivity contribution in [3.8, 4) is 0 Å². The fraction of sp³-hybridized carbons (Fsp3) is 0.533. The Balaban J connectivity index is 2.05. The number of hydrogen-bond donors (Lipinski definition) is 1. The molecule has 1 fully saturated rings. The summed E-state index contributed by atoms with van der Waals surface area (Å²) in [6.45, 7) is 0. The minimum Gasteiger partial charge on any atom is -0.481 e. The van der Waals surface area contributed by atoms with E-state index in [1.54, 1.807) is 0 Å². The maximum Gasteiger partial charge on any atom is 0.310 e. The summed E-state index contributed by atoms with van der Waals surface area (Å²) in [5.74, 6) is -0.397. The van der Waals surface area contributed by atoms with Crippen LogP contribution in [0.1, 0.15) is 50.0 Å². The normalized spacial score (nSPS) is 18.8. The zero-order valence-corrected chi connectivity index (χ0v) is 10.1. The summed E-state index contributed by atoms with van der Waals surface area (Å²) in [5.41, 5.74) is 0.950. The minimum atomic E-state index is -0.679. The lowest BCUT2D eigenvalue weighted by Gasteiger charge is -2.24. The zero-order chi connectivity index (χ0) is 12.1. The van der Waals surface area contributed by atoms with Crippen molar-refractivity contribution < 1.29 is 9.90 Å². The standard InChI is InChI=1S/C15H20O2/c16-15(17)14(13-9-5-2-6-10-13)11-12-7-3-1-4-8-12/h2,5-6,9-10,12,14H,1,3-4,7-8,11H2,(H,16,17). The molecule has 1 atom stereocenters. The Morgan fingerprint density at radius 3 is 2.41 bits per heavy atom. The van der Waals surface area contributed by atoms with Gasteiger partial charge in [0.25, 0.3) is 0 Å². The Labute approximate surface area is 103 Å². The first-order chi connectivity index (χ1) is 8.27. The summed E-state index contributed by atoms with van der Waals surface area (Å²) in [5, 5.41) is 9.36. The van der Waals surface area contributed by atoms with Crippen molar-refractivity contribution >= 4 is 5.97 Å². The summed E-state index contributed by atoms with van der Waals surface area (Å²) in [7, 11) is 0. The lowest BCUT2D eigenvalue weighted by molar-refractivity contribution is -0.139. The van der Waals surface area contributed by atoms with Crippen LogP contribution in [0.15, 0.2) is 30.3 Å². The topological polar surface area (TPSA) is 37.3 Å². The first kappa shape index (κ1) is 12.2. The summed E-state index contributed by atoms with van der Waals surface area (Å²) >= 11 is 0. The number of aliphatic carboxylic acids is 1. The lowest BCUT2D eigenvalue weighted by atomic mass is 9.80. The molecule has 1 aromatic rings. The summed E-state index contributed by atoms with van der Waals surface area (Å²) in [6, 6.07) is 9.64. The highest BCUT2D eigenvalue weighted by molar-refractivity contribution is 5.76. The van der Waals surface area contributed by atoms with Crippen LogP contribution in [0.4, 0.5) is 0 Å². The predicted octanol–water partition coefficient (Wildman–Crippen LogP) is 3.83. The van der Waals surface area contributed by atoms with Gasteiger partial charge < -0.3 is 5.11 Å². The van der Waals surface area contributed by atoms with Crippen LogP contribution in [-0.4, -0.2) is 11.1 Å². The van der Waals surface area contributed by atoms with E-state index in [2.05, 4.69) is 0 Å². The van der Waals surface area contributed by atoms with Crippen LogP contribution in [0.3, 0.4) is 0 Å². The Morgan fingerprint density at radius 2 is 1.82 bits per heavy atom. The second-order valence-corrected chi connectivity index (χ2v) is 5.04. The van der Waals surface area contributed by atoms with Crippen molar-refractivity contribution in [2.24, 2.45) is 5.92 Å². The largest absolute Gasteiger partial charge is 0.481 e. The van der Waals surface area contributed by atoms with Gasteiger partial charge in [-0.2, -0.15) is 0 Å². The molecule has 0 heterocycles. The van der Waals surface area contributed by atoms with Crippen molar-refractivity contribution in [2.45, 2.75) is 44.4 Å². The Bertz CT molecular complexity index is 352. The SMILES string of the molecule is O=C(O)C(CC1CCCCC1)c1ccccc1. The average molecular weight is 232 g/mol. The van der Waals surface area contributed by atoms with E-state index in [1.807, 2.05) is 30.3 Å². The lowest BCUT2D eigenvalue weighted by Crippen LogP contribution is -2.17. The third kappa shape index (κ3) is 3.32.